The number of ether oxygens (including phenoxy) is 2. The monoisotopic (exact) mass is 264 g/mol. The highest BCUT2D eigenvalue weighted by Gasteiger charge is 2.34. The van der Waals surface area contributed by atoms with Gasteiger partial charge in [-0.1, -0.05) is 0 Å². The van der Waals surface area contributed by atoms with Gasteiger partial charge in [-0.3, -0.25) is 9.80 Å². The zero-order chi connectivity index (χ0) is 13.3. The summed E-state index contributed by atoms with van der Waals surface area (Å²) < 4.78 is 9.65. The van der Waals surface area contributed by atoms with Crippen molar-refractivity contribution in [2.75, 3.05) is 26.2 Å². The largest absolute Gasteiger partial charge is 0.367 e. The van der Waals surface area contributed by atoms with Crippen LogP contribution in [0.3, 0.4) is 0 Å². The molecule has 0 spiro atoms. The van der Waals surface area contributed by atoms with E-state index in [4.69, 9.17) is 9.47 Å². The van der Waals surface area contributed by atoms with Crippen molar-refractivity contribution < 1.29 is 29.9 Å². The van der Waals surface area contributed by atoms with Crippen molar-refractivity contribution in [3.63, 3.8) is 0 Å². The highest BCUT2D eigenvalue weighted by Crippen LogP contribution is 2.17. The molecule has 0 bridgehead atoms. The molecule has 0 radical (unpaired) electrons. The zero-order valence-electron chi connectivity index (χ0n) is 10.2. The summed E-state index contributed by atoms with van der Waals surface area (Å²) in [5.74, 6) is 0. The number of β-amino-alcohol motifs (C(OH)–C–C–N with tert-alkyl or cyclic N) is 4. The molecule has 18 heavy (non-hydrogen) atoms. The first-order valence-electron chi connectivity index (χ1n) is 5.97. The van der Waals surface area contributed by atoms with Crippen LogP contribution in [0.25, 0.3) is 0 Å². The van der Waals surface area contributed by atoms with Gasteiger partial charge in [0.2, 0.25) is 0 Å². The van der Waals surface area contributed by atoms with Crippen LogP contribution in [-0.4, -0.2) is 87.7 Å². The van der Waals surface area contributed by atoms with E-state index in [1.54, 1.807) is 0 Å². The van der Waals surface area contributed by atoms with E-state index in [1.165, 1.54) is 0 Å². The van der Waals surface area contributed by atoms with E-state index in [0.29, 0.717) is 0 Å². The Balaban J connectivity index is 1.95. The van der Waals surface area contributed by atoms with Crippen molar-refractivity contribution in [1.29, 1.82) is 0 Å². The maximum Gasteiger partial charge on any atom is 0.170 e. The van der Waals surface area contributed by atoms with Crippen LogP contribution in [0.5, 0.6) is 0 Å². The summed E-state index contributed by atoms with van der Waals surface area (Å²) in [6.07, 6.45) is -4.30. The van der Waals surface area contributed by atoms with Crippen molar-refractivity contribution in [2.24, 2.45) is 0 Å². The Hall–Kier alpha value is -0.320. The second-order valence-electron chi connectivity index (χ2n) is 4.63. The summed E-state index contributed by atoms with van der Waals surface area (Å²) in [6.45, 7) is 2.93. The summed E-state index contributed by atoms with van der Waals surface area (Å²) >= 11 is 0. The van der Waals surface area contributed by atoms with Gasteiger partial charge in [0.15, 0.2) is 25.2 Å². The lowest BCUT2D eigenvalue weighted by Gasteiger charge is -2.44. The summed E-state index contributed by atoms with van der Waals surface area (Å²) in [5.41, 5.74) is 0. The molecule has 4 atom stereocenters. The van der Waals surface area contributed by atoms with Crippen LogP contribution in [0, 0.1) is 0 Å². The molecule has 8 nitrogen and oxygen atoms in total. The smallest absolute Gasteiger partial charge is 0.170 e. The molecule has 0 aliphatic carbocycles. The Bertz CT molecular complexity index is 235. The lowest BCUT2D eigenvalue weighted by molar-refractivity contribution is -0.278. The molecule has 2 saturated heterocycles. The predicted octanol–water partition coefficient (Wildman–Crippen LogP) is -2.73. The predicted molar refractivity (Wildman–Crippen MR) is 58.8 cm³/mol. The Morgan fingerprint density at radius 1 is 0.778 bits per heavy atom. The maximum atomic E-state index is 9.44. The molecule has 0 amide bonds. The minimum atomic E-state index is -1.04. The fraction of sp³-hybridized carbons (Fsp3) is 1.00. The molecular formula is C10H20N2O6. The molecule has 4 unspecified atom stereocenters. The Labute approximate surface area is 105 Å². The van der Waals surface area contributed by atoms with E-state index in [-0.39, 0.29) is 32.3 Å². The SMILES string of the molecule is CC(N1CC(O)OC(O)C1)N1CC(O)OC(O)C1. The average molecular weight is 264 g/mol. The Kier molecular flexibility index (Phi) is 4.51. The third-order valence-electron chi connectivity index (χ3n) is 3.25. The molecule has 4 N–H and O–H groups in total. The number of hydrogen-bond acceptors (Lipinski definition) is 8. The lowest BCUT2D eigenvalue weighted by atomic mass is 10.2. The number of morpholine rings is 2. The number of rotatable bonds is 2. The van der Waals surface area contributed by atoms with E-state index in [0.717, 1.165) is 0 Å². The second-order valence-corrected chi connectivity index (χ2v) is 4.63. The number of hydrogen-bond donors (Lipinski definition) is 4. The minimum Gasteiger partial charge on any atom is -0.367 e. The molecule has 2 rings (SSSR count). The van der Waals surface area contributed by atoms with Crippen molar-refractivity contribution >= 4 is 0 Å². The molecule has 0 aromatic rings. The first-order chi connectivity index (χ1) is 8.45. The third-order valence-corrected chi connectivity index (χ3v) is 3.25. The van der Waals surface area contributed by atoms with Gasteiger partial charge in [0.1, 0.15) is 0 Å². The molecule has 2 heterocycles. The first kappa shape index (κ1) is 14.1. The van der Waals surface area contributed by atoms with Crippen LogP contribution in [0.4, 0.5) is 0 Å². The molecular weight excluding hydrogens is 244 g/mol. The van der Waals surface area contributed by atoms with E-state index in [2.05, 4.69) is 0 Å². The van der Waals surface area contributed by atoms with Crippen molar-refractivity contribution in [2.45, 2.75) is 38.2 Å². The normalized spacial score (nSPS) is 41.8. The molecule has 8 heteroatoms. The van der Waals surface area contributed by atoms with Crippen LogP contribution in [0.2, 0.25) is 0 Å². The lowest BCUT2D eigenvalue weighted by Crippen LogP contribution is -2.60. The standard InChI is InChI=1S/C10H20N2O6/c1-6(11-2-7(13)17-8(14)3-11)12-4-9(15)18-10(16)5-12/h6-10,13-16H,2-5H2,1H3. The molecule has 0 aromatic carbocycles. The van der Waals surface area contributed by atoms with E-state index >= 15 is 0 Å². The van der Waals surface area contributed by atoms with Gasteiger partial charge in [-0.05, 0) is 6.92 Å². The van der Waals surface area contributed by atoms with Crippen LogP contribution in [0.15, 0.2) is 0 Å². The van der Waals surface area contributed by atoms with Crippen LogP contribution < -0.4 is 0 Å². The summed E-state index contributed by atoms with van der Waals surface area (Å²) in [7, 11) is 0. The minimum absolute atomic E-state index is 0.161. The Morgan fingerprint density at radius 3 is 1.33 bits per heavy atom. The van der Waals surface area contributed by atoms with Crippen LogP contribution in [-0.2, 0) is 9.47 Å². The average Bonchev–Trinajstić information content (AvgIpc) is 2.25. The quantitative estimate of drug-likeness (QED) is 0.426. The van der Waals surface area contributed by atoms with Gasteiger partial charge >= 0.3 is 0 Å². The fourth-order valence-corrected chi connectivity index (χ4v) is 2.33. The van der Waals surface area contributed by atoms with E-state index in [9.17, 15) is 20.4 Å². The third kappa shape index (κ3) is 3.37. The van der Waals surface area contributed by atoms with Gasteiger partial charge in [-0.25, -0.2) is 0 Å². The van der Waals surface area contributed by atoms with Gasteiger partial charge in [-0.15, -0.1) is 0 Å². The van der Waals surface area contributed by atoms with Crippen molar-refractivity contribution in [3.8, 4) is 0 Å². The van der Waals surface area contributed by atoms with Crippen molar-refractivity contribution in [3.05, 3.63) is 0 Å². The number of aliphatic hydroxyl groups excluding tert-OH is 4. The van der Waals surface area contributed by atoms with Gasteiger partial charge in [0.25, 0.3) is 0 Å². The molecule has 2 aliphatic rings. The number of aliphatic hydroxyl groups is 4. The Morgan fingerprint density at radius 2 is 1.06 bits per heavy atom. The van der Waals surface area contributed by atoms with Gasteiger partial charge in [-0.2, -0.15) is 0 Å². The summed E-state index contributed by atoms with van der Waals surface area (Å²) in [6, 6.07) is 0. The van der Waals surface area contributed by atoms with Gasteiger partial charge < -0.3 is 29.9 Å². The molecule has 0 aromatic heterocycles. The maximum absolute atomic E-state index is 9.44. The van der Waals surface area contributed by atoms with Gasteiger partial charge in [0, 0.05) is 0 Å². The molecule has 0 saturated carbocycles. The van der Waals surface area contributed by atoms with E-state index in [1.807, 2.05) is 16.7 Å². The topological polar surface area (TPSA) is 106 Å². The molecule has 2 aliphatic heterocycles. The fourth-order valence-electron chi connectivity index (χ4n) is 2.33. The van der Waals surface area contributed by atoms with Gasteiger partial charge in [0.05, 0.1) is 32.3 Å². The molecule has 106 valence electrons. The highest BCUT2D eigenvalue weighted by molar-refractivity contribution is 4.77. The second kappa shape index (κ2) is 5.76. The van der Waals surface area contributed by atoms with Crippen LogP contribution in [0.1, 0.15) is 6.92 Å². The van der Waals surface area contributed by atoms with Crippen LogP contribution >= 0.6 is 0 Å². The molecule has 2 fully saturated rings. The van der Waals surface area contributed by atoms with E-state index < -0.39 is 25.2 Å². The summed E-state index contributed by atoms with van der Waals surface area (Å²) in [4.78, 5) is 3.65. The summed E-state index contributed by atoms with van der Waals surface area (Å²) in [5, 5.41) is 37.7. The first-order valence-corrected chi connectivity index (χ1v) is 5.97. The van der Waals surface area contributed by atoms with Crippen molar-refractivity contribution in [1.82, 2.24) is 9.80 Å². The highest BCUT2D eigenvalue weighted by atomic mass is 16.7. The number of nitrogens with zero attached hydrogens (tertiary/aromatic N) is 2. The zero-order valence-corrected chi connectivity index (χ0v) is 10.2.